The zero-order valence-electron chi connectivity index (χ0n) is 15.4. The maximum absolute atomic E-state index is 13.6. The number of hydrogen-bond donors (Lipinski definition) is 0. The van der Waals surface area contributed by atoms with Crippen molar-refractivity contribution in [3.63, 3.8) is 0 Å². The van der Waals surface area contributed by atoms with Gasteiger partial charge < -0.3 is 4.74 Å². The average molecular weight is 423 g/mol. The maximum Gasteiger partial charge on any atom is 0.434 e. The average Bonchev–Trinajstić information content (AvgIpc) is 3.04. The van der Waals surface area contributed by atoms with Crippen molar-refractivity contribution in [1.82, 2.24) is 14.8 Å². The van der Waals surface area contributed by atoms with Gasteiger partial charge in [0.05, 0.1) is 18.2 Å². The third kappa shape index (κ3) is 4.57. The topological polar surface area (TPSA) is 74.1 Å². The lowest BCUT2D eigenvalue weighted by Crippen LogP contribution is -2.27. The number of hydrogen-bond acceptors (Lipinski definition) is 5. The third-order valence-corrected chi connectivity index (χ3v) is 3.78. The molecule has 2 rings (SSSR count). The zero-order chi connectivity index (χ0) is 22.1. The Bertz CT molecular complexity index is 937. The number of aromatic nitrogens is 3. The summed E-state index contributed by atoms with van der Waals surface area (Å²) in [5.41, 5.74) is -6.09. The smallest absolute Gasteiger partial charge is 0.434 e. The van der Waals surface area contributed by atoms with Crippen molar-refractivity contribution in [3.8, 4) is 0 Å². The summed E-state index contributed by atoms with van der Waals surface area (Å²) >= 11 is 0. The molecule has 2 heterocycles. The first-order valence-electron chi connectivity index (χ1n) is 8.14. The van der Waals surface area contributed by atoms with E-state index in [1.807, 2.05) is 0 Å². The standard InChI is InChI=1S/C17H15F6N3O3/c1-7(2)6-8-10(16(28)29-3)12(14(19)20)24-13(17(21,22)23)11(8)15(27)26-5-4-9(18)25-26/h4-5,7,14H,6H2,1-3H3. The van der Waals surface area contributed by atoms with Crippen LogP contribution in [0.5, 0.6) is 0 Å². The maximum atomic E-state index is 13.6. The minimum Gasteiger partial charge on any atom is -0.465 e. The van der Waals surface area contributed by atoms with Gasteiger partial charge in [0.1, 0.15) is 5.69 Å². The molecule has 0 saturated heterocycles. The molecule has 0 unspecified atom stereocenters. The minimum atomic E-state index is -5.32. The van der Waals surface area contributed by atoms with Crippen molar-refractivity contribution in [2.24, 2.45) is 5.92 Å². The highest BCUT2D eigenvalue weighted by atomic mass is 19.4. The highest BCUT2D eigenvalue weighted by Crippen LogP contribution is 2.38. The van der Waals surface area contributed by atoms with Gasteiger partial charge in [0.2, 0.25) is 5.95 Å². The van der Waals surface area contributed by atoms with E-state index in [2.05, 4.69) is 14.8 Å². The van der Waals surface area contributed by atoms with E-state index in [4.69, 9.17) is 0 Å². The van der Waals surface area contributed by atoms with Gasteiger partial charge >= 0.3 is 12.1 Å². The molecule has 2 aromatic heterocycles. The molecule has 0 amide bonds. The van der Waals surface area contributed by atoms with Crippen LogP contribution in [0.2, 0.25) is 0 Å². The first-order valence-corrected chi connectivity index (χ1v) is 8.14. The second kappa shape index (κ2) is 8.21. The summed E-state index contributed by atoms with van der Waals surface area (Å²) in [6, 6.07) is 0.718. The van der Waals surface area contributed by atoms with E-state index < -0.39 is 64.4 Å². The number of alkyl halides is 5. The van der Waals surface area contributed by atoms with Crippen molar-refractivity contribution in [1.29, 1.82) is 0 Å². The van der Waals surface area contributed by atoms with E-state index in [0.29, 0.717) is 0 Å². The van der Waals surface area contributed by atoms with E-state index in [-0.39, 0.29) is 11.1 Å². The Morgan fingerprint density at radius 3 is 2.24 bits per heavy atom. The summed E-state index contributed by atoms with van der Waals surface area (Å²) in [7, 11) is 0.846. The van der Waals surface area contributed by atoms with E-state index in [0.717, 1.165) is 19.4 Å². The molecule has 158 valence electrons. The number of carbonyl (C=O) groups is 2. The molecule has 0 spiro atoms. The SMILES string of the molecule is COC(=O)c1c(C(F)F)nc(C(F)(F)F)c(C(=O)n2ccc(F)n2)c1CC(C)C. The lowest BCUT2D eigenvalue weighted by molar-refractivity contribution is -0.141. The van der Waals surface area contributed by atoms with Crippen LogP contribution in [-0.2, 0) is 17.3 Å². The van der Waals surface area contributed by atoms with E-state index in [1.54, 1.807) is 13.8 Å². The fourth-order valence-electron chi connectivity index (χ4n) is 2.72. The Balaban J connectivity index is 3.00. The Hall–Kier alpha value is -2.92. The third-order valence-electron chi connectivity index (χ3n) is 3.78. The summed E-state index contributed by atoms with van der Waals surface area (Å²) < 4.78 is 85.7. The summed E-state index contributed by atoms with van der Waals surface area (Å²) in [4.78, 5) is 27.8. The molecule has 0 aromatic carbocycles. The van der Waals surface area contributed by atoms with Crippen LogP contribution < -0.4 is 0 Å². The van der Waals surface area contributed by atoms with Gasteiger partial charge in [-0.25, -0.2) is 23.2 Å². The molecule has 0 atom stereocenters. The van der Waals surface area contributed by atoms with Gasteiger partial charge in [0, 0.05) is 12.3 Å². The molecular formula is C17H15F6N3O3. The number of halogens is 6. The van der Waals surface area contributed by atoms with Crippen LogP contribution in [0, 0.1) is 11.9 Å². The predicted octanol–water partition coefficient (Wildman–Crippen LogP) is 4.05. The van der Waals surface area contributed by atoms with Gasteiger partial charge in [0.25, 0.3) is 12.3 Å². The molecule has 0 aliphatic rings. The molecule has 0 saturated carbocycles. The van der Waals surface area contributed by atoms with Gasteiger partial charge in [0.15, 0.2) is 5.69 Å². The van der Waals surface area contributed by atoms with Crippen molar-refractivity contribution >= 4 is 11.9 Å². The van der Waals surface area contributed by atoms with Crippen LogP contribution in [0.25, 0.3) is 0 Å². The molecule has 6 nitrogen and oxygen atoms in total. The number of carbonyl (C=O) groups excluding carboxylic acids is 2. The minimum absolute atomic E-state index is 0.272. The van der Waals surface area contributed by atoms with Crippen LogP contribution in [0.15, 0.2) is 12.3 Å². The summed E-state index contributed by atoms with van der Waals surface area (Å²) in [6.07, 6.45) is -8.47. The van der Waals surface area contributed by atoms with Gasteiger partial charge in [-0.3, -0.25) is 4.79 Å². The number of nitrogens with zero attached hydrogens (tertiary/aromatic N) is 3. The summed E-state index contributed by atoms with van der Waals surface area (Å²) in [5, 5.41) is 3.12. The van der Waals surface area contributed by atoms with Crippen molar-refractivity contribution in [2.75, 3.05) is 7.11 Å². The fraction of sp³-hybridized carbons (Fsp3) is 0.412. The number of ether oxygens (including phenoxy) is 1. The first kappa shape index (κ1) is 22.4. The molecule has 0 N–H and O–H groups in total. The van der Waals surface area contributed by atoms with Crippen LogP contribution in [-0.4, -0.2) is 33.8 Å². The van der Waals surface area contributed by atoms with Crippen LogP contribution in [0.4, 0.5) is 26.3 Å². The quantitative estimate of drug-likeness (QED) is 0.536. The Morgan fingerprint density at radius 2 is 1.83 bits per heavy atom. The highest BCUT2D eigenvalue weighted by molar-refractivity contribution is 6.02. The van der Waals surface area contributed by atoms with Crippen molar-refractivity contribution in [2.45, 2.75) is 32.9 Å². The van der Waals surface area contributed by atoms with Crippen molar-refractivity contribution < 1.29 is 40.7 Å². The number of rotatable bonds is 5. The van der Waals surface area contributed by atoms with Gasteiger partial charge in [-0.2, -0.15) is 17.6 Å². The summed E-state index contributed by atoms with van der Waals surface area (Å²) in [6.45, 7) is 3.08. The lowest BCUT2D eigenvalue weighted by atomic mass is 9.90. The molecule has 0 aliphatic heterocycles. The summed E-state index contributed by atoms with van der Waals surface area (Å²) in [5.74, 6) is -4.45. The molecule has 0 aliphatic carbocycles. The molecule has 12 heteroatoms. The Labute approximate surface area is 160 Å². The number of esters is 1. The van der Waals surface area contributed by atoms with Crippen molar-refractivity contribution in [3.05, 3.63) is 46.3 Å². The van der Waals surface area contributed by atoms with E-state index in [9.17, 15) is 35.9 Å². The Kier molecular flexibility index (Phi) is 6.34. The second-order valence-electron chi connectivity index (χ2n) is 6.35. The Morgan fingerprint density at radius 1 is 1.21 bits per heavy atom. The molecule has 29 heavy (non-hydrogen) atoms. The highest BCUT2D eigenvalue weighted by Gasteiger charge is 2.43. The zero-order valence-corrected chi connectivity index (χ0v) is 15.4. The van der Waals surface area contributed by atoms with Gasteiger partial charge in [-0.15, -0.1) is 5.10 Å². The molecule has 0 fully saturated rings. The number of methoxy groups -OCH3 is 1. The largest absolute Gasteiger partial charge is 0.465 e. The van der Waals surface area contributed by atoms with E-state index >= 15 is 0 Å². The van der Waals surface area contributed by atoms with Gasteiger partial charge in [-0.05, 0) is 17.9 Å². The van der Waals surface area contributed by atoms with Crippen LogP contribution >= 0.6 is 0 Å². The fourth-order valence-corrected chi connectivity index (χ4v) is 2.72. The second-order valence-corrected chi connectivity index (χ2v) is 6.35. The number of pyridine rings is 1. The molecule has 0 bridgehead atoms. The van der Waals surface area contributed by atoms with Crippen LogP contribution in [0.1, 0.15) is 57.9 Å². The predicted molar refractivity (Wildman–Crippen MR) is 86.0 cm³/mol. The molecule has 0 radical (unpaired) electrons. The normalized spacial score (nSPS) is 12.0. The lowest BCUT2D eigenvalue weighted by Gasteiger charge is -2.21. The molecule has 2 aromatic rings. The van der Waals surface area contributed by atoms with E-state index in [1.165, 1.54) is 0 Å². The monoisotopic (exact) mass is 423 g/mol. The first-order chi connectivity index (χ1) is 13.4. The van der Waals surface area contributed by atoms with Gasteiger partial charge in [-0.1, -0.05) is 13.8 Å². The van der Waals surface area contributed by atoms with Crippen LogP contribution in [0.3, 0.4) is 0 Å². The molecular weight excluding hydrogens is 408 g/mol.